The molecule has 2 rings (SSSR count). The average molecular weight is 323 g/mol. The Labute approximate surface area is 128 Å². The molecule has 2 aromatic heterocycles. The van der Waals surface area contributed by atoms with E-state index in [1.54, 1.807) is 0 Å². The van der Waals surface area contributed by atoms with Crippen LogP contribution >= 0.6 is 11.3 Å². The van der Waals surface area contributed by atoms with Crippen molar-refractivity contribution in [1.82, 2.24) is 15.5 Å². The Bertz CT molecular complexity index is 668. The molecule has 0 radical (unpaired) electrons. The van der Waals surface area contributed by atoms with E-state index in [9.17, 15) is 14.4 Å². The van der Waals surface area contributed by atoms with E-state index in [2.05, 4.69) is 15.5 Å². The number of nitrogens with two attached hydrogens (primary N) is 2. The molecule has 22 heavy (non-hydrogen) atoms. The van der Waals surface area contributed by atoms with Gasteiger partial charge in [0.1, 0.15) is 0 Å². The molecular weight excluding hydrogens is 310 g/mol. The summed E-state index contributed by atoms with van der Waals surface area (Å²) in [6.45, 7) is 0. The number of amides is 3. The SMILES string of the molecule is NC(=O)C(NC(=O)CCc1nnc(-c2ccsc2)o1)C(N)=O. The molecule has 9 nitrogen and oxygen atoms in total. The van der Waals surface area contributed by atoms with Crippen LogP contribution in [0.3, 0.4) is 0 Å². The van der Waals surface area contributed by atoms with Gasteiger partial charge in [-0.1, -0.05) is 0 Å². The van der Waals surface area contributed by atoms with Crippen LogP contribution < -0.4 is 16.8 Å². The summed E-state index contributed by atoms with van der Waals surface area (Å²) in [4.78, 5) is 33.6. The molecule has 2 aromatic rings. The Kier molecular flexibility index (Phi) is 4.84. The molecule has 116 valence electrons. The lowest BCUT2D eigenvalue weighted by Crippen LogP contribution is -2.52. The minimum absolute atomic E-state index is 0.0532. The normalized spacial score (nSPS) is 10.6. The number of carbonyl (C=O) groups excluding carboxylic acids is 3. The van der Waals surface area contributed by atoms with Crippen LogP contribution in [-0.2, 0) is 20.8 Å². The van der Waals surface area contributed by atoms with Gasteiger partial charge in [-0.25, -0.2) is 0 Å². The number of primary amides is 2. The third kappa shape index (κ3) is 3.88. The van der Waals surface area contributed by atoms with Crippen molar-refractivity contribution in [2.75, 3.05) is 0 Å². The minimum atomic E-state index is -1.53. The summed E-state index contributed by atoms with van der Waals surface area (Å²) < 4.78 is 5.40. The molecule has 0 aliphatic heterocycles. The minimum Gasteiger partial charge on any atom is -0.421 e. The molecule has 0 aliphatic rings. The molecule has 0 aliphatic carbocycles. The Morgan fingerprint density at radius 2 is 2.00 bits per heavy atom. The van der Waals surface area contributed by atoms with E-state index < -0.39 is 23.8 Å². The van der Waals surface area contributed by atoms with Gasteiger partial charge in [0.25, 0.3) is 0 Å². The number of rotatable bonds is 7. The lowest BCUT2D eigenvalue weighted by Gasteiger charge is -2.10. The molecule has 2 heterocycles. The largest absolute Gasteiger partial charge is 0.421 e. The first-order valence-electron chi connectivity index (χ1n) is 6.20. The van der Waals surface area contributed by atoms with Gasteiger partial charge in [-0.05, 0) is 11.4 Å². The maximum atomic E-state index is 11.7. The van der Waals surface area contributed by atoms with Crippen molar-refractivity contribution in [3.8, 4) is 11.5 Å². The zero-order valence-corrected chi connectivity index (χ0v) is 12.1. The van der Waals surface area contributed by atoms with E-state index in [4.69, 9.17) is 15.9 Å². The summed E-state index contributed by atoms with van der Waals surface area (Å²) in [6, 6.07) is 0.301. The third-order valence-electron chi connectivity index (χ3n) is 2.68. The molecule has 0 saturated carbocycles. The van der Waals surface area contributed by atoms with E-state index in [1.807, 2.05) is 16.8 Å². The number of nitrogens with one attached hydrogen (secondary N) is 1. The highest BCUT2D eigenvalue weighted by Crippen LogP contribution is 2.20. The molecule has 0 unspecified atom stereocenters. The van der Waals surface area contributed by atoms with Crippen molar-refractivity contribution < 1.29 is 18.8 Å². The molecule has 0 fully saturated rings. The molecule has 3 amide bonds. The van der Waals surface area contributed by atoms with E-state index >= 15 is 0 Å². The van der Waals surface area contributed by atoms with Gasteiger partial charge in [0.15, 0.2) is 6.04 Å². The van der Waals surface area contributed by atoms with Gasteiger partial charge < -0.3 is 21.2 Å². The Balaban J connectivity index is 1.89. The monoisotopic (exact) mass is 323 g/mol. The molecule has 0 bridgehead atoms. The topological polar surface area (TPSA) is 154 Å². The fourth-order valence-corrected chi connectivity index (χ4v) is 2.22. The molecular formula is C12H13N5O4S. The summed E-state index contributed by atoms with van der Waals surface area (Å²) >= 11 is 1.49. The number of aromatic nitrogens is 2. The van der Waals surface area contributed by atoms with Crippen molar-refractivity contribution in [3.05, 3.63) is 22.7 Å². The second-order valence-corrected chi connectivity index (χ2v) is 5.10. The lowest BCUT2D eigenvalue weighted by molar-refractivity contribution is -0.134. The number of aryl methyl sites for hydroxylation is 1. The van der Waals surface area contributed by atoms with E-state index in [0.29, 0.717) is 5.89 Å². The first-order valence-corrected chi connectivity index (χ1v) is 7.14. The highest BCUT2D eigenvalue weighted by Gasteiger charge is 2.23. The molecule has 10 heteroatoms. The van der Waals surface area contributed by atoms with Crippen LogP contribution in [0.25, 0.3) is 11.5 Å². The van der Waals surface area contributed by atoms with Crippen LogP contribution in [0.4, 0.5) is 0 Å². The highest BCUT2D eigenvalue weighted by atomic mass is 32.1. The maximum Gasteiger partial charge on any atom is 0.249 e. The number of carbonyl (C=O) groups is 3. The van der Waals surface area contributed by atoms with Crippen LogP contribution in [0, 0.1) is 0 Å². The lowest BCUT2D eigenvalue weighted by atomic mass is 10.2. The van der Waals surface area contributed by atoms with Crippen molar-refractivity contribution in [3.63, 3.8) is 0 Å². The zero-order chi connectivity index (χ0) is 16.1. The summed E-state index contributed by atoms with van der Waals surface area (Å²) in [5.74, 6) is -1.97. The third-order valence-corrected chi connectivity index (χ3v) is 3.36. The van der Waals surface area contributed by atoms with Crippen LogP contribution in [0.2, 0.25) is 0 Å². The van der Waals surface area contributed by atoms with E-state index in [0.717, 1.165) is 5.56 Å². The maximum absolute atomic E-state index is 11.7. The predicted molar refractivity (Wildman–Crippen MR) is 76.3 cm³/mol. The summed E-state index contributed by atoms with van der Waals surface area (Å²) in [6.07, 6.45) is 0.107. The van der Waals surface area contributed by atoms with Crippen LogP contribution in [0.1, 0.15) is 12.3 Å². The van der Waals surface area contributed by atoms with Crippen LogP contribution in [0.15, 0.2) is 21.2 Å². The molecule has 0 aromatic carbocycles. The highest BCUT2D eigenvalue weighted by molar-refractivity contribution is 7.08. The molecule has 0 atom stereocenters. The van der Waals surface area contributed by atoms with Gasteiger partial charge in [0.05, 0.1) is 0 Å². The Morgan fingerprint density at radius 1 is 1.27 bits per heavy atom. The second kappa shape index (κ2) is 6.80. The smallest absolute Gasteiger partial charge is 0.249 e. The molecule has 0 saturated heterocycles. The van der Waals surface area contributed by atoms with Gasteiger partial charge in [0, 0.05) is 23.8 Å². The molecule has 5 N–H and O–H groups in total. The quantitative estimate of drug-likeness (QED) is 0.566. The Morgan fingerprint density at radius 3 is 2.59 bits per heavy atom. The van der Waals surface area contributed by atoms with Gasteiger partial charge in [-0.15, -0.1) is 10.2 Å². The second-order valence-electron chi connectivity index (χ2n) is 4.32. The first kappa shape index (κ1) is 15.6. The van der Waals surface area contributed by atoms with Gasteiger partial charge >= 0.3 is 0 Å². The number of hydrogen-bond donors (Lipinski definition) is 3. The number of hydrogen-bond acceptors (Lipinski definition) is 7. The number of nitrogens with zero attached hydrogens (tertiary/aromatic N) is 2. The average Bonchev–Trinajstić information content (AvgIpc) is 3.12. The fraction of sp³-hybridized carbons (Fsp3) is 0.250. The predicted octanol–water partition coefficient (Wildman–Crippen LogP) is -0.814. The van der Waals surface area contributed by atoms with Crippen molar-refractivity contribution in [1.29, 1.82) is 0 Å². The first-order chi connectivity index (χ1) is 10.5. The standard InChI is InChI=1S/C12H13N5O4S/c13-10(19)9(11(14)20)15-7(18)1-2-8-16-17-12(21-8)6-3-4-22-5-6/h3-5,9H,1-2H2,(H2,13,19)(H2,14,20)(H,15,18). The molecule has 0 spiro atoms. The van der Waals surface area contributed by atoms with E-state index in [-0.39, 0.29) is 18.7 Å². The van der Waals surface area contributed by atoms with Crippen molar-refractivity contribution >= 4 is 29.1 Å². The fourth-order valence-electron chi connectivity index (χ4n) is 1.59. The number of thiophene rings is 1. The van der Waals surface area contributed by atoms with Gasteiger partial charge in [-0.2, -0.15) is 11.3 Å². The van der Waals surface area contributed by atoms with Gasteiger partial charge in [-0.3, -0.25) is 14.4 Å². The van der Waals surface area contributed by atoms with Crippen molar-refractivity contribution in [2.24, 2.45) is 11.5 Å². The van der Waals surface area contributed by atoms with E-state index in [1.165, 1.54) is 11.3 Å². The summed E-state index contributed by atoms with van der Waals surface area (Å²) in [5, 5.41) is 13.6. The summed E-state index contributed by atoms with van der Waals surface area (Å²) in [5.41, 5.74) is 10.7. The zero-order valence-electron chi connectivity index (χ0n) is 11.3. The summed E-state index contributed by atoms with van der Waals surface area (Å²) in [7, 11) is 0. The van der Waals surface area contributed by atoms with Crippen LogP contribution in [0.5, 0.6) is 0 Å². The van der Waals surface area contributed by atoms with Crippen molar-refractivity contribution in [2.45, 2.75) is 18.9 Å². The van der Waals surface area contributed by atoms with Crippen LogP contribution in [-0.4, -0.2) is 34.0 Å². The van der Waals surface area contributed by atoms with Gasteiger partial charge in [0.2, 0.25) is 29.5 Å². The Hall–Kier alpha value is -2.75.